The summed E-state index contributed by atoms with van der Waals surface area (Å²) in [5, 5.41) is 0. The van der Waals surface area contributed by atoms with Crippen molar-refractivity contribution in [3.05, 3.63) is 90.2 Å². The van der Waals surface area contributed by atoms with Gasteiger partial charge in [-0.05, 0) is 60.7 Å². The Kier molecular flexibility index (Phi) is 7.33. The average Bonchev–Trinajstić information content (AvgIpc) is 3.29. The number of methoxy groups -OCH3 is 1. The second-order valence-corrected chi connectivity index (χ2v) is 6.30. The first-order chi connectivity index (χ1) is 14.6. The minimum absolute atomic E-state index is 0.221. The van der Waals surface area contributed by atoms with Crippen molar-refractivity contribution >= 4 is 23.7 Å². The minimum Gasteiger partial charge on any atom is -0.496 e. The van der Waals surface area contributed by atoms with Crippen LogP contribution in [0.1, 0.15) is 23.4 Å². The van der Waals surface area contributed by atoms with Gasteiger partial charge in [-0.3, -0.25) is 14.6 Å². The molecule has 0 spiro atoms. The summed E-state index contributed by atoms with van der Waals surface area (Å²) in [6.45, 7) is 0.339. The predicted octanol–water partition coefficient (Wildman–Crippen LogP) is 4.52. The number of ketones is 2. The van der Waals surface area contributed by atoms with E-state index in [4.69, 9.17) is 13.9 Å². The fourth-order valence-electron chi connectivity index (χ4n) is 2.59. The van der Waals surface area contributed by atoms with Crippen LogP contribution in [-0.2, 0) is 16.2 Å². The number of hydrogen-bond acceptors (Lipinski definition) is 6. The molecule has 0 atom stereocenters. The van der Waals surface area contributed by atoms with E-state index in [1.54, 1.807) is 49.7 Å². The number of carbonyl (C=O) groups is 2. The Morgan fingerprint density at radius 1 is 1.03 bits per heavy atom. The van der Waals surface area contributed by atoms with Crippen molar-refractivity contribution in [3.8, 4) is 11.5 Å². The molecule has 0 saturated carbocycles. The first-order valence-electron chi connectivity index (χ1n) is 9.30. The Morgan fingerprint density at radius 2 is 1.87 bits per heavy atom. The molecule has 0 N–H and O–H groups in total. The summed E-state index contributed by atoms with van der Waals surface area (Å²) in [5.41, 5.74) is 1.52. The highest BCUT2D eigenvalue weighted by Crippen LogP contribution is 2.26. The molecule has 6 heteroatoms. The van der Waals surface area contributed by atoms with Crippen molar-refractivity contribution in [2.75, 3.05) is 7.11 Å². The van der Waals surface area contributed by atoms with Gasteiger partial charge in [0.05, 0.1) is 25.5 Å². The van der Waals surface area contributed by atoms with Crippen molar-refractivity contribution in [1.29, 1.82) is 0 Å². The van der Waals surface area contributed by atoms with Crippen LogP contribution in [0.15, 0.2) is 77.6 Å². The summed E-state index contributed by atoms with van der Waals surface area (Å²) in [4.78, 5) is 28.2. The van der Waals surface area contributed by atoms with Crippen molar-refractivity contribution < 1.29 is 23.5 Å². The van der Waals surface area contributed by atoms with E-state index in [1.807, 2.05) is 18.2 Å². The van der Waals surface area contributed by atoms with Crippen LogP contribution in [0.4, 0.5) is 0 Å². The molecule has 3 rings (SSSR count). The van der Waals surface area contributed by atoms with Crippen LogP contribution in [0.5, 0.6) is 11.5 Å². The van der Waals surface area contributed by atoms with E-state index in [2.05, 4.69) is 4.98 Å². The van der Waals surface area contributed by atoms with Crippen molar-refractivity contribution in [2.45, 2.75) is 13.0 Å². The van der Waals surface area contributed by atoms with Gasteiger partial charge in [0.25, 0.3) is 0 Å². The third-order valence-electron chi connectivity index (χ3n) is 4.09. The molecule has 3 aromatic rings. The highest BCUT2D eigenvalue weighted by atomic mass is 16.5. The van der Waals surface area contributed by atoms with Crippen molar-refractivity contribution in [2.24, 2.45) is 0 Å². The van der Waals surface area contributed by atoms with Crippen LogP contribution in [0.25, 0.3) is 12.2 Å². The Morgan fingerprint density at radius 3 is 2.57 bits per heavy atom. The van der Waals surface area contributed by atoms with E-state index in [-0.39, 0.29) is 18.0 Å². The van der Waals surface area contributed by atoms with Crippen molar-refractivity contribution in [1.82, 2.24) is 4.98 Å². The summed E-state index contributed by atoms with van der Waals surface area (Å²) >= 11 is 0. The molecule has 0 radical (unpaired) electrons. The Balaban J connectivity index is 1.57. The Labute approximate surface area is 174 Å². The number of benzene rings is 1. The van der Waals surface area contributed by atoms with Gasteiger partial charge >= 0.3 is 0 Å². The molecule has 0 saturated heterocycles. The fraction of sp³-hybridized carbons (Fsp3) is 0.125. The van der Waals surface area contributed by atoms with E-state index >= 15 is 0 Å². The molecule has 0 bridgehead atoms. The van der Waals surface area contributed by atoms with Crippen LogP contribution >= 0.6 is 0 Å². The summed E-state index contributed by atoms with van der Waals surface area (Å²) in [5.74, 6) is 1.13. The zero-order chi connectivity index (χ0) is 21.2. The maximum atomic E-state index is 12.1. The lowest BCUT2D eigenvalue weighted by Gasteiger charge is -2.09. The smallest absolute Gasteiger partial charge is 0.163 e. The maximum Gasteiger partial charge on any atom is 0.163 e. The van der Waals surface area contributed by atoms with Crippen LogP contribution in [0.3, 0.4) is 0 Å². The molecule has 0 aliphatic heterocycles. The molecule has 0 fully saturated rings. The van der Waals surface area contributed by atoms with Crippen LogP contribution < -0.4 is 9.47 Å². The molecule has 0 aliphatic carbocycles. The zero-order valence-corrected chi connectivity index (χ0v) is 16.5. The van der Waals surface area contributed by atoms with Gasteiger partial charge < -0.3 is 13.9 Å². The number of ether oxygens (including phenoxy) is 2. The van der Waals surface area contributed by atoms with Gasteiger partial charge in [-0.1, -0.05) is 6.07 Å². The summed E-state index contributed by atoms with van der Waals surface area (Å²) in [7, 11) is 1.54. The second kappa shape index (κ2) is 10.6. The quantitative estimate of drug-likeness (QED) is 0.366. The summed E-state index contributed by atoms with van der Waals surface area (Å²) < 4.78 is 16.2. The third-order valence-corrected chi connectivity index (χ3v) is 4.09. The van der Waals surface area contributed by atoms with Gasteiger partial charge in [-0.25, -0.2) is 0 Å². The summed E-state index contributed by atoms with van der Waals surface area (Å²) in [6.07, 6.45) is 8.85. The molecule has 2 heterocycles. The monoisotopic (exact) mass is 403 g/mol. The van der Waals surface area contributed by atoms with Crippen LogP contribution in [-0.4, -0.2) is 23.7 Å². The van der Waals surface area contributed by atoms with Gasteiger partial charge in [0.1, 0.15) is 23.9 Å². The molecule has 30 heavy (non-hydrogen) atoms. The molecular formula is C24H21NO5. The first-order valence-corrected chi connectivity index (χ1v) is 9.30. The lowest BCUT2D eigenvalue weighted by atomic mass is 10.1. The van der Waals surface area contributed by atoms with Gasteiger partial charge in [0.2, 0.25) is 0 Å². The third kappa shape index (κ3) is 6.31. The molecular weight excluding hydrogens is 382 g/mol. The highest BCUT2D eigenvalue weighted by Gasteiger charge is 2.07. The van der Waals surface area contributed by atoms with E-state index < -0.39 is 0 Å². The molecule has 152 valence electrons. The SMILES string of the molecule is COc1cc(OCc2ccccn2)ccc1/C=C/C(=O)CC(=O)/C=C/c1ccco1. The number of rotatable bonds is 10. The number of furan rings is 1. The highest BCUT2D eigenvalue weighted by molar-refractivity contribution is 6.10. The van der Waals surface area contributed by atoms with Crippen LogP contribution in [0, 0.1) is 0 Å². The maximum absolute atomic E-state index is 12.1. The van der Waals surface area contributed by atoms with E-state index in [0.717, 1.165) is 5.69 Å². The molecule has 6 nitrogen and oxygen atoms in total. The molecule has 0 aliphatic rings. The van der Waals surface area contributed by atoms with Crippen molar-refractivity contribution in [3.63, 3.8) is 0 Å². The lowest BCUT2D eigenvalue weighted by molar-refractivity contribution is -0.121. The van der Waals surface area contributed by atoms with Gasteiger partial charge in [0, 0.05) is 17.8 Å². The zero-order valence-electron chi connectivity index (χ0n) is 16.5. The first kappa shape index (κ1) is 20.8. The standard InChI is InChI=1S/C24H21NO5/c1-28-24-16-23(30-17-19-5-2-3-13-25-19)11-8-18(24)7-9-20(26)15-21(27)10-12-22-6-4-14-29-22/h2-14,16H,15,17H2,1H3/b9-7+,12-10+. The van der Waals surface area contributed by atoms with Gasteiger partial charge in [-0.15, -0.1) is 0 Å². The number of allylic oxidation sites excluding steroid dienone is 2. The number of nitrogens with zero attached hydrogens (tertiary/aromatic N) is 1. The average molecular weight is 403 g/mol. The number of aromatic nitrogens is 1. The van der Waals surface area contributed by atoms with E-state index in [0.29, 0.717) is 29.4 Å². The van der Waals surface area contributed by atoms with Gasteiger partial charge in [0.15, 0.2) is 11.6 Å². The molecule has 0 unspecified atom stereocenters. The minimum atomic E-state index is -0.304. The topological polar surface area (TPSA) is 78.6 Å². The largest absolute Gasteiger partial charge is 0.496 e. The Bertz CT molecular complexity index is 1040. The number of hydrogen-bond donors (Lipinski definition) is 0. The van der Waals surface area contributed by atoms with Crippen LogP contribution in [0.2, 0.25) is 0 Å². The second-order valence-electron chi connectivity index (χ2n) is 6.30. The van der Waals surface area contributed by atoms with E-state index in [1.165, 1.54) is 24.5 Å². The Hall–Kier alpha value is -3.93. The fourth-order valence-corrected chi connectivity index (χ4v) is 2.59. The molecule has 2 aromatic heterocycles. The molecule has 0 amide bonds. The van der Waals surface area contributed by atoms with Gasteiger partial charge in [-0.2, -0.15) is 0 Å². The summed E-state index contributed by atoms with van der Waals surface area (Å²) in [6, 6.07) is 14.4. The normalized spacial score (nSPS) is 11.1. The predicted molar refractivity (Wildman–Crippen MR) is 113 cm³/mol. The number of pyridine rings is 1. The number of carbonyl (C=O) groups excluding carboxylic acids is 2. The molecule has 1 aromatic carbocycles. The lowest BCUT2D eigenvalue weighted by Crippen LogP contribution is -2.02. The van der Waals surface area contributed by atoms with E-state index in [9.17, 15) is 9.59 Å².